The van der Waals surface area contributed by atoms with E-state index in [4.69, 9.17) is 15.2 Å². The minimum absolute atomic E-state index is 0.0421. The van der Waals surface area contributed by atoms with E-state index in [9.17, 15) is 38.3 Å². The summed E-state index contributed by atoms with van der Waals surface area (Å²) in [7, 11) is 7.98. The molecule has 4 aromatic carbocycles. The van der Waals surface area contributed by atoms with Crippen LogP contribution in [0, 0.1) is 92.7 Å². The summed E-state index contributed by atoms with van der Waals surface area (Å²) in [5.41, 5.74) is 21.7. The van der Waals surface area contributed by atoms with E-state index in [1.807, 2.05) is 123 Å². The van der Waals surface area contributed by atoms with E-state index < -0.39 is 47.8 Å². The number of halogens is 2. The van der Waals surface area contributed by atoms with Crippen LogP contribution in [0.1, 0.15) is 176 Å². The first-order valence-electron chi connectivity index (χ1n) is 31.9. The molecule has 0 spiro atoms. The van der Waals surface area contributed by atoms with E-state index in [0.29, 0.717) is 35.1 Å². The number of pyridine rings is 2. The number of esters is 2. The fraction of sp³-hybridized carbons (Fsp3) is 0.493. The summed E-state index contributed by atoms with van der Waals surface area (Å²) in [6.45, 7) is 33.1. The SMILES string of the molecule is CCOC(=O)C[C@H](CC(=O)C(CC(C)C)n1cc(CCN(C)C)c(C)cc1=O)c1cc(-c2c(C)cc(C)cc2C)cc(C)c1F.CCOC(=O)C[C@H](N)c1cc(-c2c(C)cc(C)cc2C)cc(C)c1F.Cc1cc(=O)n(C(CC(C)C)C(=O)O)cc1CCN(C)C. The lowest BCUT2D eigenvalue weighted by Gasteiger charge is -2.25. The highest BCUT2D eigenvalue weighted by atomic mass is 19.1. The average Bonchev–Trinajstić information content (AvgIpc) is 1.05. The van der Waals surface area contributed by atoms with Crippen molar-refractivity contribution in [2.24, 2.45) is 17.6 Å². The molecule has 0 bridgehead atoms. The van der Waals surface area contributed by atoms with Gasteiger partial charge in [-0.25, -0.2) is 13.6 Å². The molecule has 0 aliphatic carbocycles. The standard InChI is InChI=1S/C38H51FN2O4.C21H26FNO2.C16H26N2O3/c1-11-45-36(44)21-30(32-19-31(17-28(8)38(32)39)37-26(6)15-24(4)16-27(37)7)20-34(42)33(14-23(2)3)41-22-29(12-13-40(9)10)25(5)18-35(41)43;1-6-25-19(24)11-18(23)17-10-16(9-15(5)21(17)22)20-13(3)7-12(2)8-14(20)4;1-11(2)8-14(16(20)21)18-10-13(6-7-17(4)5)12(3)9-15(18)19/h15-19,22-23,30,33H,11-14,20-21H2,1-10H3;7-10,18H,6,11,23H2,1-5H3;9-11,14H,6-8H2,1-5H3,(H,20,21)/t30-,33?;18-;/m00./s1. The molecule has 0 saturated heterocycles. The van der Waals surface area contributed by atoms with Gasteiger partial charge < -0.3 is 39.2 Å². The van der Waals surface area contributed by atoms with E-state index in [1.54, 1.807) is 62.7 Å². The van der Waals surface area contributed by atoms with Gasteiger partial charge in [-0.05, 0) is 257 Å². The van der Waals surface area contributed by atoms with Crippen molar-refractivity contribution in [3.05, 3.63) is 183 Å². The summed E-state index contributed by atoms with van der Waals surface area (Å²) in [5.74, 6) is -3.27. The topological polar surface area (TPSA) is 183 Å². The second kappa shape index (κ2) is 34.9. The number of ketones is 1. The number of likely N-dealkylation sites (N-methyl/N-ethyl adjacent to an activating group) is 2. The van der Waals surface area contributed by atoms with Crippen LogP contribution in [0.3, 0.4) is 0 Å². The molecule has 14 nitrogen and oxygen atoms in total. The summed E-state index contributed by atoms with van der Waals surface area (Å²) in [4.78, 5) is 79.9. The Kier molecular flexibility index (Phi) is 29.1. The van der Waals surface area contributed by atoms with Crippen LogP contribution < -0.4 is 16.9 Å². The molecule has 496 valence electrons. The molecule has 0 aliphatic heterocycles. The molecule has 3 N–H and O–H groups in total. The van der Waals surface area contributed by atoms with Gasteiger partial charge in [0.2, 0.25) is 0 Å². The van der Waals surface area contributed by atoms with Crippen molar-refractivity contribution in [1.29, 1.82) is 0 Å². The van der Waals surface area contributed by atoms with Gasteiger partial charge in [0.25, 0.3) is 11.1 Å². The Morgan fingerprint density at radius 1 is 0.516 bits per heavy atom. The zero-order valence-corrected chi connectivity index (χ0v) is 58.0. The van der Waals surface area contributed by atoms with Crippen LogP contribution in [0.25, 0.3) is 22.3 Å². The molecule has 0 aliphatic rings. The van der Waals surface area contributed by atoms with Gasteiger partial charge >= 0.3 is 17.9 Å². The highest BCUT2D eigenvalue weighted by molar-refractivity contribution is 5.85. The molecule has 91 heavy (non-hydrogen) atoms. The Morgan fingerprint density at radius 3 is 1.27 bits per heavy atom. The van der Waals surface area contributed by atoms with Crippen LogP contribution in [0.5, 0.6) is 0 Å². The second-order valence-corrected chi connectivity index (χ2v) is 26.1. The van der Waals surface area contributed by atoms with Gasteiger partial charge in [0.05, 0.1) is 32.1 Å². The third kappa shape index (κ3) is 21.9. The van der Waals surface area contributed by atoms with E-state index in [-0.39, 0.29) is 67.0 Å². The number of hydrogen-bond donors (Lipinski definition) is 2. The maximum atomic E-state index is 16.0. The van der Waals surface area contributed by atoms with Gasteiger partial charge in [0, 0.05) is 61.6 Å². The van der Waals surface area contributed by atoms with Crippen molar-refractivity contribution < 1.29 is 42.5 Å². The number of Topliss-reactive ketones (excluding diaryl/α,β-unsaturated/α-hetero) is 1. The number of nitrogens with two attached hydrogens (primary N) is 1. The van der Waals surface area contributed by atoms with Crippen molar-refractivity contribution in [2.45, 2.75) is 180 Å². The molecule has 2 aromatic heterocycles. The summed E-state index contributed by atoms with van der Waals surface area (Å²) in [5, 5.41) is 9.41. The van der Waals surface area contributed by atoms with E-state index in [2.05, 4.69) is 41.0 Å². The van der Waals surface area contributed by atoms with Crippen LogP contribution in [0.2, 0.25) is 0 Å². The monoisotopic (exact) mass is 1260 g/mol. The van der Waals surface area contributed by atoms with Gasteiger partial charge in [-0.15, -0.1) is 0 Å². The summed E-state index contributed by atoms with van der Waals surface area (Å²) < 4.78 is 43.8. The smallest absolute Gasteiger partial charge is 0.326 e. The van der Waals surface area contributed by atoms with Crippen molar-refractivity contribution >= 4 is 23.7 Å². The van der Waals surface area contributed by atoms with Crippen molar-refractivity contribution in [2.75, 3.05) is 54.5 Å². The normalized spacial score (nSPS) is 12.7. The second-order valence-electron chi connectivity index (χ2n) is 26.1. The molecule has 2 heterocycles. The summed E-state index contributed by atoms with van der Waals surface area (Å²) >= 11 is 0. The number of carboxylic acid groups (broad SMARTS) is 1. The number of nitrogens with zero attached hydrogens (tertiary/aromatic N) is 4. The number of carboxylic acids is 1. The lowest BCUT2D eigenvalue weighted by Crippen LogP contribution is -2.32. The third-order valence-electron chi connectivity index (χ3n) is 16.4. The number of aryl methyl sites for hydroxylation is 10. The zero-order chi connectivity index (χ0) is 68.5. The Hall–Kier alpha value is -7.40. The van der Waals surface area contributed by atoms with E-state index in [1.165, 1.54) is 10.1 Å². The van der Waals surface area contributed by atoms with Gasteiger partial charge in [0.15, 0.2) is 5.78 Å². The van der Waals surface area contributed by atoms with Crippen molar-refractivity contribution in [1.82, 2.24) is 18.9 Å². The van der Waals surface area contributed by atoms with Crippen molar-refractivity contribution in [3.8, 4) is 22.3 Å². The predicted molar refractivity (Wildman–Crippen MR) is 363 cm³/mol. The minimum Gasteiger partial charge on any atom is -0.480 e. The first kappa shape index (κ1) is 76.1. The van der Waals surface area contributed by atoms with E-state index >= 15 is 4.39 Å². The molecule has 0 saturated carbocycles. The maximum Gasteiger partial charge on any atom is 0.326 e. The number of carbonyl (C=O) groups is 4. The van der Waals surface area contributed by atoms with Crippen LogP contribution in [-0.4, -0.2) is 102 Å². The molecule has 4 atom stereocenters. The number of aromatic nitrogens is 2. The van der Waals surface area contributed by atoms with Crippen LogP contribution >= 0.6 is 0 Å². The van der Waals surface area contributed by atoms with Gasteiger partial charge in [-0.2, -0.15) is 0 Å². The lowest BCUT2D eigenvalue weighted by atomic mass is 9.83. The first-order valence-corrected chi connectivity index (χ1v) is 31.9. The van der Waals surface area contributed by atoms with Gasteiger partial charge in [-0.3, -0.25) is 24.0 Å². The first-order chi connectivity index (χ1) is 42.6. The lowest BCUT2D eigenvalue weighted by molar-refractivity contribution is -0.144. The number of hydrogen-bond acceptors (Lipinski definition) is 11. The quantitative estimate of drug-likeness (QED) is 0.0491. The zero-order valence-electron chi connectivity index (χ0n) is 58.0. The Balaban J connectivity index is 0.000000323. The molecule has 6 rings (SSSR count). The maximum absolute atomic E-state index is 16.0. The predicted octanol–water partition coefficient (Wildman–Crippen LogP) is 14.2. The third-order valence-corrected chi connectivity index (χ3v) is 16.4. The van der Waals surface area contributed by atoms with Crippen LogP contribution in [0.4, 0.5) is 8.78 Å². The number of rotatable bonds is 26. The van der Waals surface area contributed by atoms with Crippen molar-refractivity contribution in [3.63, 3.8) is 0 Å². The summed E-state index contributed by atoms with van der Waals surface area (Å²) in [6.07, 6.45) is 5.69. The Labute approximate surface area is 540 Å². The fourth-order valence-corrected chi connectivity index (χ4v) is 12.0. The van der Waals surface area contributed by atoms with Crippen LogP contribution in [-0.2, 0) is 41.5 Å². The highest BCUT2D eigenvalue weighted by Gasteiger charge is 2.31. The van der Waals surface area contributed by atoms with E-state index in [0.717, 1.165) is 98.3 Å². The average molecular weight is 1260 g/mol. The number of ether oxygens (including phenoxy) is 2. The molecule has 0 fully saturated rings. The minimum atomic E-state index is -0.951. The number of carbonyl (C=O) groups excluding carboxylic acids is 3. The molecule has 0 amide bonds. The molecule has 16 heteroatoms. The molecular weight excluding hydrogens is 1150 g/mol. The summed E-state index contributed by atoms with van der Waals surface area (Å²) in [6, 6.07) is 16.5. The van der Waals surface area contributed by atoms with Crippen LogP contribution in [0.15, 0.2) is 82.6 Å². The highest BCUT2D eigenvalue weighted by Crippen LogP contribution is 2.38. The molecule has 0 radical (unpaired) electrons. The molecule has 6 aromatic rings. The number of aliphatic carboxylic acids is 1. The molecular formula is C75H103F2N5O9. The largest absolute Gasteiger partial charge is 0.480 e. The molecule has 2 unspecified atom stereocenters. The number of benzene rings is 4. The fourth-order valence-electron chi connectivity index (χ4n) is 12.0. The Bertz CT molecular complexity index is 3590. The van der Waals surface area contributed by atoms with Gasteiger partial charge in [0.1, 0.15) is 17.7 Å². The Morgan fingerprint density at radius 2 is 0.890 bits per heavy atom. The van der Waals surface area contributed by atoms with Gasteiger partial charge in [-0.1, -0.05) is 63.1 Å².